The van der Waals surface area contributed by atoms with Crippen LogP contribution in [0.2, 0.25) is 10.0 Å². The molecule has 0 bridgehead atoms. The lowest BCUT2D eigenvalue weighted by atomic mass is 10.0. The van der Waals surface area contributed by atoms with E-state index in [2.05, 4.69) is 10.6 Å². The van der Waals surface area contributed by atoms with Crippen LogP contribution in [0.25, 0.3) is 0 Å². The zero-order valence-electron chi connectivity index (χ0n) is 12.6. The molecule has 0 radical (unpaired) electrons. The summed E-state index contributed by atoms with van der Waals surface area (Å²) in [5.74, 6) is 0.258. The third-order valence-electron chi connectivity index (χ3n) is 4.41. The van der Waals surface area contributed by atoms with Crippen molar-refractivity contribution in [2.24, 2.45) is 5.92 Å². The van der Waals surface area contributed by atoms with E-state index in [1.54, 1.807) is 23.1 Å². The highest BCUT2D eigenvalue weighted by Gasteiger charge is 2.35. The van der Waals surface area contributed by atoms with Crippen molar-refractivity contribution in [3.63, 3.8) is 0 Å². The Morgan fingerprint density at radius 1 is 1.26 bits per heavy atom. The van der Waals surface area contributed by atoms with Crippen molar-refractivity contribution in [3.8, 4) is 0 Å². The highest BCUT2D eigenvalue weighted by atomic mass is 35.5. The van der Waals surface area contributed by atoms with Crippen LogP contribution in [0.4, 0.5) is 0 Å². The van der Waals surface area contributed by atoms with Gasteiger partial charge in [0, 0.05) is 37.7 Å². The second-order valence-corrected chi connectivity index (χ2v) is 6.87. The fraction of sp³-hybridized carbons (Fsp3) is 0.500. The second-order valence-electron chi connectivity index (χ2n) is 6.05. The number of carbonyl (C=O) groups excluding carboxylic acids is 2. The number of halogens is 2. The van der Waals surface area contributed by atoms with Crippen LogP contribution in [0.3, 0.4) is 0 Å². The van der Waals surface area contributed by atoms with Gasteiger partial charge < -0.3 is 15.5 Å². The Kier molecular flexibility index (Phi) is 5.09. The molecular weight excluding hydrogens is 337 g/mol. The van der Waals surface area contributed by atoms with Gasteiger partial charge in [-0.15, -0.1) is 0 Å². The Balaban J connectivity index is 1.66. The predicted molar refractivity (Wildman–Crippen MR) is 89.9 cm³/mol. The van der Waals surface area contributed by atoms with E-state index in [0.717, 1.165) is 19.5 Å². The molecule has 1 aromatic carbocycles. The summed E-state index contributed by atoms with van der Waals surface area (Å²) in [7, 11) is 0. The van der Waals surface area contributed by atoms with Gasteiger partial charge in [-0.25, -0.2) is 0 Å². The minimum absolute atomic E-state index is 0.0668. The quantitative estimate of drug-likeness (QED) is 0.867. The van der Waals surface area contributed by atoms with Crippen LogP contribution >= 0.6 is 23.2 Å². The van der Waals surface area contributed by atoms with Crippen LogP contribution in [0.1, 0.15) is 23.2 Å². The van der Waals surface area contributed by atoms with Crippen LogP contribution in [0.5, 0.6) is 0 Å². The molecule has 124 valence electrons. The van der Waals surface area contributed by atoms with E-state index in [1.807, 2.05) is 0 Å². The number of amides is 2. The first-order valence-corrected chi connectivity index (χ1v) is 8.56. The van der Waals surface area contributed by atoms with Gasteiger partial charge in [0.25, 0.3) is 5.91 Å². The second kappa shape index (κ2) is 7.07. The van der Waals surface area contributed by atoms with Crippen molar-refractivity contribution >= 4 is 35.0 Å². The smallest absolute Gasteiger partial charge is 0.254 e. The number of nitrogens with zero attached hydrogens (tertiary/aromatic N) is 1. The van der Waals surface area contributed by atoms with Gasteiger partial charge in [-0.1, -0.05) is 23.2 Å². The summed E-state index contributed by atoms with van der Waals surface area (Å²) in [5.41, 5.74) is 0.460. The van der Waals surface area contributed by atoms with Crippen LogP contribution in [-0.2, 0) is 4.79 Å². The molecule has 0 aliphatic carbocycles. The highest BCUT2D eigenvalue weighted by molar-refractivity contribution is 6.42. The molecule has 3 rings (SSSR count). The molecular formula is C16H19Cl2N3O2. The van der Waals surface area contributed by atoms with Crippen LogP contribution in [-0.4, -0.2) is 48.9 Å². The molecule has 1 atom stereocenters. The molecule has 2 fully saturated rings. The molecule has 23 heavy (non-hydrogen) atoms. The van der Waals surface area contributed by atoms with Gasteiger partial charge >= 0.3 is 0 Å². The maximum absolute atomic E-state index is 12.7. The molecule has 0 aromatic heterocycles. The zero-order valence-corrected chi connectivity index (χ0v) is 14.2. The summed E-state index contributed by atoms with van der Waals surface area (Å²) in [5, 5.41) is 6.89. The number of hydrogen-bond donors (Lipinski definition) is 2. The third-order valence-corrected chi connectivity index (χ3v) is 5.15. The average molecular weight is 356 g/mol. The van der Waals surface area contributed by atoms with Crippen molar-refractivity contribution in [1.29, 1.82) is 0 Å². The Bertz CT molecular complexity index is 619. The number of carbonyl (C=O) groups is 2. The first-order chi connectivity index (χ1) is 11.1. The lowest BCUT2D eigenvalue weighted by Crippen LogP contribution is -2.51. The largest absolute Gasteiger partial charge is 0.354 e. The molecule has 0 spiro atoms. The van der Waals surface area contributed by atoms with Gasteiger partial charge in [0.2, 0.25) is 5.91 Å². The number of nitrogens with one attached hydrogen (secondary N) is 2. The highest BCUT2D eigenvalue weighted by Crippen LogP contribution is 2.26. The molecule has 7 heteroatoms. The van der Waals surface area contributed by atoms with Gasteiger partial charge in [0.15, 0.2) is 0 Å². The lowest BCUT2D eigenvalue weighted by Gasteiger charge is -2.29. The predicted octanol–water partition coefficient (Wildman–Crippen LogP) is 1.93. The molecule has 2 aliphatic rings. The maximum Gasteiger partial charge on any atom is 0.254 e. The van der Waals surface area contributed by atoms with Crippen molar-refractivity contribution in [1.82, 2.24) is 15.5 Å². The number of benzene rings is 1. The normalized spacial score (nSPS) is 21.1. The average Bonchev–Trinajstić information content (AvgIpc) is 2.97. The van der Waals surface area contributed by atoms with Crippen LogP contribution in [0, 0.1) is 5.92 Å². The molecule has 2 heterocycles. The Labute approximate surface area is 145 Å². The minimum Gasteiger partial charge on any atom is -0.354 e. The van der Waals surface area contributed by atoms with E-state index < -0.39 is 6.04 Å². The number of hydrogen-bond acceptors (Lipinski definition) is 3. The van der Waals surface area contributed by atoms with Crippen LogP contribution < -0.4 is 10.6 Å². The molecule has 2 amide bonds. The molecule has 2 N–H and O–H groups in total. The summed E-state index contributed by atoms with van der Waals surface area (Å²) in [6, 6.07) is 4.40. The van der Waals surface area contributed by atoms with E-state index in [9.17, 15) is 9.59 Å². The molecule has 5 nitrogen and oxygen atoms in total. The maximum atomic E-state index is 12.7. The monoisotopic (exact) mass is 355 g/mol. The van der Waals surface area contributed by atoms with Crippen LogP contribution in [0.15, 0.2) is 18.2 Å². The Morgan fingerprint density at radius 2 is 2.04 bits per heavy atom. The summed E-state index contributed by atoms with van der Waals surface area (Å²) in [4.78, 5) is 26.7. The molecule has 0 saturated carbocycles. The fourth-order valence-corrected chi connectivity index (χ4v) is 3.23. The Morgan fingerprint density at radius 3 is 2.70 bits per heavy atom. The summed E-state index contributed by atoms with van der Waals surface area (Å²) >= 11 is 11.9. The van der Waals surface area contributed by atoms with Gasteiger partial charge in [-0.2, -0.15) is 0 Å². The van der Waals surface area contributed by atoms with E-state index >= 15 is 0 Å². The minimum atomic E-state index is -0.398. The van der Waals surface area contributed by atoms with Gasteiger partial charge in [0.05, 0.1) is 10.0 Å². The standard InChI is InChI=1S/C16H19Cl2N3O2/c17-12-4-3-11(6-13(12)18)16(23)21-5-1-2-14(21)15(22)20-9-10-7-19-8-10/h3-4,6,10,14,19H,1-2,5,7-9H2,(H,20,22). The molecule has 2 saturated heterocycles. The SMILES string of the molecule is O=C(NCC1CNC1)C1CCCN1C(=O)c1ccc(Cl)c(Cl)c1. The molecule has 2 aliphatic heterocycles. The van der Waals surface area contributed by atoms with Gasteiger partial charge in [0.1, 0.15) is 6.04 Å². The summed E-state index contributed by atoms with van der Waals surface area (Å²) in [6.07, 6.45) is 1.53. The fourth-order valence-electron chi connectivity index (χ4n) is 2.93. The summed E-state index contributed by atoms with van der Waals surface area (Å²) in [6.45, 7) is 3.13. The van der Waals surface area contributed by atoms with E-state index in [1.165, 1.54) is 0 Å². The Hall–Kier alpha value is -1.30. The molecule has 1 unspecified atom stereocenters. The van der Waals surface area contributed by atoms with E-state index in [-0.39, 0.29) is 11.8 Å². The first kappa shape index (κ1) is 16.6. The van der Waals surface area contributed by atoms with E-state index in [0.29, 0.717) is 41.0 Å². The summed E-state index contributed by atoms with van der Waals surface area (Å²) < 4.78 is 0. The van der Waals surface area contributed by atoms with E-state index in [4.69, 9.17) is 23.2 Å². The third kappa shape index (κ3) is 3.62. The molecule has 1 aromatic rings. The first-order valence-electron chi connectivity index (χ1n) is 7.80. The van der Waals surface area contributed by atoms with Gasteiger partial charge in [-0.3, -0.25) is 9.59 Å². The van der Waals surface area contributed by atoms with Crippen molar-refractivity contribution in [2.75, 3.05) is 26.2 Å². The van der Waals surface area contributed by atoms with Crippen molar-refractivity contribution in [2.45, 2.75) is 18.9 Å². The lowest BCUT2D eigenvalue weighted by molar-refractivity contribution is -0.125. The van der Waals surface area contributed by atoms with Gasteiger partial charge in [-0.05, 0) is 31.0 Å². The number of rotatable bonds is 4. The zero-order chi connectivity index (χ0) is 16.4. The topological polar surface area (TPSA) is 61.4 Å². The van der Waals surface area contributed by atoms with Crippen molar-refractivity contribution < 1.29 is 9.59 Å². The van der Waals surface area contributed by atoms with Crippen molar-refractivity contribution in [3.05, 3.63) is 33.8 Å². The number of likely N-dealkylation sites (tertiary alicyclic amines) is 1.